The second kappa shape index (κ2) is 5.56. The summed E-state index contributed by atoms with van der Waals surface area (Å²) in [6.45, 7) is -1.05. The molecule has 0 unspecified atom stereocenters. The lowest BCUT2D eigenvalue weighted by atomic mass is 10.0. The van der Waals surface area contributed by atoms with Crippen LogP contribution in [0.4, 0.5) is 8.78 Å². The zero-order valence-corrected chi connectivity index (χ0v) is 10.1. The minimum Gasteiger partial charge on any atom is -0.435 e. The highest BCUT2D eigenvalue weighted by Crippen LogP contribution is 2.17. The summed E-state index contributed by atoms with van der Waals surface area (Å²) in [5.41, 5.74) is 1.66. The van der Waals surface area contributed by atoms with Crippen LogP contribution in [-0.2, 0) is 0 Å². The van der Waals surface area contributed by atoms with Gasteiger partial charge in [-0.15, -0.1) is 0 Å². The molecular formula is C14H11F2NO2. The lowest BCUT2D eigenvalue weighted by Gasteiger charge is -2.05. The van der Waals surface area contributed by atoms with Crippen molar-refractivity contribution >= 4 is 5.78 Å². The first-order valence-electron chi connectivity index (χ1n) is 5.58. The van der Waals surface area contributed by atoms with Gasteiger partial charge in [0.15, 0.2) is 5.78 Å². The van der Waals surface area contributed by atoms with E-state index in [2.05, 4.69) is 9.72 Å². The monoisotopic (exact) mass is 263 g/mol. The van der Waals surface area contributed by atoms with E-state index in [1.807, 2.05) is 6.92 Å². The smallest absolute Gasteiger partial charge is 0.387 e. The van der Waals surface area contributed by atoms with E-state index in [0.29, 0.717) is 11.1 Å². The van der Waals surface area contributed by atoms with Gasteiger partial charge in [0.25, 0.3) is 0 Å². The van der Waals surface area contributed by atoms with E-state index in [0.717, 1.165) is 5.69 Å². The molecule has 2 aromatic rings. The number of pyridine rings is 1. The second-order valence-corrected chi connectivity index (χ2v) is 3.92. The van der Waals surface area contributed by atoms with Crippen LogP contribution in [0, 0.1) is 6.92 Å². The number of hydrogen-bond acceptors (Lipinski definition) is 3. The van der Waals surface area contributed by atoms with Crippen molar-refractivity contribution < 1.29 is 18.3 Å². The van der Waals surface area contributed by atoms with Crippen molar-refractivity contribution in [2.24, 2.45) is 0 Å². The molecule has 3 nitrogen and oxygen atoms in total. The predicted molar refractivity (Wildman–Crippen MR) is 65.5 cm³/mol. The van der Waals surface area contributed by atoms with E-state index in [-0.39, 0.29) is 11.5 Å². The Bertz CT molecular complexity index is 565. The molecule has 0 aliphatic carbocycles. The maximum Gasteiger partial charge on any atom is 0.387 e. The fourth-order valence-corrected chi connectivity index (χ4v) is 1.56. The Kier molecular flexibility index (Phi) is 3.85. The third kappa shape index (κ3) is 3.34. The topological polar surface area (TPSA) is 39.2 Å². The normalized spacial score (nSPS) is 10.5. The number of aryl methyl sites for hydroxylation is 1. The van der Waals surface area contributed by atoms with Crippen LogP contribution >= 0.6 is 0 Å². The van der Waals surface area contributed by atoms with Crippen LogP contribution in [0.2, 0.25) is 0 Å². The molecule has 0 aliphatic heterocycles. The Morgan fingerprint density at radius 2 is 1.74 bits per heavy atom. The van der Waals surface area contributed by atoms with Gasteiger partial charge < -0.3 is 4.74 Å². The summed E-state index contributed by atoms with van der Waals surface area (Å²) < 4.78 is 28.2. The number of ketones is 1. The summed E-state index contributed by atoms with van der Waals surface area (Å²) in [6, 6.07) is 8.97. The Hall–Kier alpha value is -2.30. The van der Waals surface area contributed by atoms with E-state index in [1.165, 1.54) is 30.5 Å². The molecule has 0 atom stereocenters. The van der Waals surface area contributed by atoms with Crippen molar-refractivity contribution in [3.63, 3.8) is 0 Å². The zero-order valence-electron chi connectivity index (χ0n) is 10.1. The van der Waals surface area contributed by atoms with Gasteiger partial charge in [-0.3, -0.25) is 9.78 Å². The van der Waals surface area contributed by atoms with E-state index in [4.69, 9.17) is 0 Å². The number of nitrogens with zero attached hydrogens (tertiary/aromatic N) is 1. The average molecular weight is 263 g/mol. The van der Waals surface area contributed by atoms with Gasteiger partial charge in [0.2, 0.25) is 0 Å². The molecule has 19 heavy (non-hydrogen) atoms. The van der Waals surface area contributed by atoms with Crippen LogP contribution in [0.3, 0.4) is 0 Å². The number of benzene rings is 1. The van der Waals surface area contributed by atoms with Crippen LogP contribution in [0.25, 0.3) is 0 Å². The molecule has 0 spiro atoms. The third-order valence-electron chi connectivity index (χ3n) is 2.52. The molecule has 0 saturated heterocycles. The molecule has 0 N–H and O–H groups in total. The number of carbonyl (C=O) groups is 1. The van der Waals surface area contributed by atoms with Gasteiger partial charge in [0.1, 0.15) is 5.75 Å². The number of alkyl halides is 2. The zero-order chi connectivity index (χ0) is 13.8. The molecule has 0 aliphatic rings. The molecule has 0 fully saturated rings. The van der Waals surface area contributed by atoms with Crippen molar-refractivity contribution in [3.8, 4) is 5.75 Å². The van der Waals surface area contributed by atoms with Gasteiger partial charge >= 0.3 is 6.61 Å². The molecule has 2 rings (SSSR count). The van der Waals surface area contributed by atoms with E-state index in [1.54, 1.807) is 12.1 Å². The van der Waals surface area contributed by atoms with Crippen LogP contribution in [0.1, 0.15) is 21.6 Å². The molecule has 0 amide bonds. The highest BCUT2D eigenvalue weighted by atomic mass is 19.3. The standard InChI is InChI=1S/C14H11F2NO2/c1-9-2-3-11(8-17-9)13(18)10-4-6-12(7-5-10)19-14(15)16/h2-8,14H,1H3. The molecule has 0 saturated carbocycles. The van der Waals surface area contributed by atoms with Crippen LogP contribution < -0.4 is 4.74 Å². The third-order valence-corrected chi connectivity index (χ3v) is 2.52. The summed E-state index contributed by atoms with van der Waals surface area (Å²) in [5, 5.41) is 0. The highest BCUT2D eigenvalue weighted by molar-refractivity contribution is 6.08. The molecule has 1 aromatic heterocycles. The van der Waals surface area contributed by atoms with Crippen molar-refractivity contribution in [2.45, 2.75) is 13.5 Å². The fourth-order valence-electron chi connectivity index (χ4n) is 1.56. The number of rotatable bonds is 4. The Labute approximate surface area is 108 Å². The molecular weight excluding hydrogens is 252 g/mol. The Morgan fingerprint density at radius 1 is 1.11 bits per heavy atom. The van der Waals surface area contributed by atoms with Crippen LogP contribution in [-0.4, -0.2) is 17.4 Å². The molecule has 0 radical (unpaired) electrons. The maximum atomic E-state index is 12.1. The lowest BCUT2D eigenvalue weighted by molar-refractivity contribution is -0.0498. The second-order valence-electron chi connectivity index (χ2n) is 3.92. The number of halogens is 2. The summed E-state index contributed by atoms with van der Waals surface area (Å²) in [4.78, 5) is 16.1. The first-order chi connectivity index (χ1) is 9.06. The highest BCUT2D eigenvalue weighted by Gasteiger charge is 2.10. The number of ether oxygens (including phenoxy) is 1. The number of hydrogen-bond donors (Lipinski definition) is 0. The molecule has 0 bridgehead atoms. The van der Waals surface area contributed by atoms with E-state index >= 15 is 0 Å². The van der Waals surface area contributed by atoms with Gasteiger partial charge in [-0.05, 0) is 43.3 Å². The van der Waals surface area contributed by atoms with Gasteiger partial charge in [0.05, 0.1) is 0 Å². The lowest BCUT2D eigenvalue weighted by Crippen LogP contribution is -2.04. The van der Waals surface area contributed by atoms with Crippen molar-refractivity contribution in [2.75, 3.05) is 0 Å². The number of carbonyl (C=O) groups excluding carboxylic acids is 1. The van der Waals surface area contributed by atoms with Gasteiger partial charge in [-0.2, -0.15) is 8.78 Å². The van der Waals surface area contributed by atoms with Gasteiger partial charge in [-0.25, -0.2) is 0 Å². The van der Waals surface area contributed by atoms with Crippen LogP contribution in [0.15, 0.2) is 42.6 Å². The van der Waals surface area contributed by atoms with Gasteiger partial charge in [0, 0.05) is 23.0 Å². The minimum atomic E-state index is -2.87. The number of aromatic nitrogens is 1. The Balaban J connectivity index is 2.17. The quantitative estimate of drug-likeness (QED) is 0.795. The molecule has 1 aromatic carbocycles. The first-order valence-corrected chi connectivity index (χ1v) is 5.58. The molecule has 1 heterocycles. The van der Waals surface area contributed by atoms with Crippen molar-refractivity contribution in [1.29, 1.82) is 0 Å². The van der Waals surface area contributed by atoms with Gasteiger partial charge in [-0.1, -0.05) is 0 Å². The van der Waals surface area contributed by atoms with Crippen LogP contribution in [0.5, 0.6) is 5.75 Å². The summed E-state index contributed by atoms with van der Waals surface area (Å²) in [6.07, 6.45) is 1.49. The minimum absolute atomic E-state index is 0.0218. The van der Waals surface area contributed by atoms with Crippen molar-refractivity contribution in [3.05, 3.63) is 59.4 Å². The maximum absolute atomic E-state index is 12.1. The van der Waals surface area contributed by atoms with E-state index in [9.17, 15) is 13.6 Å². The average Bonchev–Trinajstić information content (AvgIpc) is 2.39. The predicted octanol–water partition coefficient (Wildman–Crippen LogP) is 3.22. The molecule has 5 heteroatoms. The summed E-state index contributed by atoms with van der Waals surface area (Å²) in [7, 11) is 0. The first kappa shape index (κ1) is 13.1. The fraction of sp³-hybridized carbons (Fsp3) is 0.143. The van der Waals surface area contributed by atoms with Crippen molar-refractivity contribution in [1.82, 2.24) is 4.98 Å². The van der Waals surface area contributed by atoms with E-state index < -0.39 is 6.61 Å². The Morgan fingerprint density at radius 3 is 2.26 bits per heavy atom. The summed E-state index contributed by atoms with van der Waals surface area (Å²) >= 11 is 0. The SMILES string of the molecule is Cc1ccc(C(=O)c2ccc(OC(F)F)cc2)cn1. The summed E-state index contributed by atoms with van der Waals surface area (Å²) in [5.74, 6) is -0.190. The largest absolute Gasteiger partial charge is 0.435 e. The molecule has 98 valence electrons.